The molecule has 0 saturated heterocycles. The number of aldehydes is 2. The summed E-state index contributed by atoms with van der Waals surface area (Å²) in [5.41, 5.74) is 1.92. The predicted molar refractivity (Wildman–Crippen MR) is 58.2 cm³/mol. The van der Waals surface area contributed by atoms with Crippen molar-refractivity contribution in [1.29, 1.82) is 0 Å². The van der Waals surface area contributed by atoms with Crippen molar-refractivity contribution in [2.45, 2.75) is 0 Å². The maximum Gasteiger partial charge on any atom is 0.169 e. The van der Waals surface area contributed by atoms with Crippen LogP contribution in [-0.2, 0) is 0 Å². The SMILES string of the molecule is O=Cc1ccnc(C=O)c1-c1cccnc1. The van der Waals surface area contributed by atoms with Gasteiger partial charge in [0.25, 0.3) is 0 Å². The normalized spacial score (nSPS) is 9.75. The van der Waals surface area contributed by atoms with Crippen molar-refractivity contribution in [3.63, 3.8) is 0 Å². The molecule has 2 aromatic heterocycles. The lowest BCUT2D eigenvalue weighted by Gasteiger charge is -2.06. The third-order valence-electron chi connectivity index (χ3n) is 2.20. The number of carbonyl (C=O) groups is 2. The van der Waals surface area contributed by atoms with E-state index in [9.17, 15) is 9.59 Å². The Labute approximate surface area is 92.0 Å². The van der Waals surface area contributed by atoms with Crippen LogP contribution in [0.1, 0.15) is 20.8 Å². The van der Waals surface area contributed by atoms with Crippen LogP contribution in [0.15, 0.2) is 36.8 Å². The minimum Gasteiger partial charge on any atom is -0.298 e. The Morgan fingerprint density at radius 2 is 1.94 bits per heavy atom. The molecule has 78 valence electrons. The quantitative estimate of drug-likeness (QED) is 0.727. The number of hydrogen-bond donors (Lipinski definition) is 0. The molecule has 0 atom stereocenters. The number of pyridine rings is 2. The first kappa shape index (κ1) is 10.2. The number of aromatic nitrogens is 2. The van der Waals surface area contributed by atoms with Crippen LogP contribution < -0.4 is 0 Å². The second-order valence-electron chi connectivity index (χ2n) is 3.14. The van der Waals surface area contributed by atoms with E-state index in [1.807, 2.05) is 0 Å². The summed E-state index contributed by atoms with van der Waals surface area (Å²) in [5.74, 6) is 0. The van der Waals surface area contributed by atoms with Gasteiger partial charge in [-0.2, -0.15) is 0 Å². The van der Waals surface area contributed by atoms with E-state index in [2.05, 4.69) is 9.97 Å². The Kier molecular flexibility index (Phi) is 2.82. The summed E-state index contributed by atoms with van der Waals surface area (Å²) in [6.07, 6.45) is 6.00. The molecular weight excluding hydrogens is 204 g/mol. The van der Waals surface area contributed by atoms with Crippen LogP contribution >= 0.6 is 0 Å². The van der Waals surface area contributed by atoms with Crippen molar-refractivity contribution >= 4 is 12.6 Å². The molecule has 0 radical (unpaired) electrons. The van der Waals surface area contributed by atoms with Gasteiger partial charge in [0.15, 0.2) is 12.6 Å². The van der Waals surface area contributed by atoms with Crippen molar-refractivity contribution in [2.75, 3.05) is 0 Å². The first-order chi connectivity index (χ1) is 7.86. The van der Waals surface area contributed by atoms with E-state index in [0.29, 0.717) is 29.3 Å². The highest BCUT2D eigenvalue weighted by molar-refractivity contribution is 5.95. The van der Waals surface area contributed by atoms with E-state index in [4.69, 9.17) is 0 Å². The van der Waals surface area contributed by atoms with Crippen LogP contribution in [0, 0.1) is 0 Å². The molecule has 0 amide bonds. The molecule has 0 fully saturated rings. The first-order valence-corrected chi connectivity index (χ1v) is 4.66. The van der Waals surface area contributed by atoms with Crippen molar-refractivity contribution in [3.8, 4) is 11.1 Å². The summed E-state index contributed by atoms with van der Waals surface area (Å²) in [6, 6.07) is 5.10. The van der Waals surface area contributed by atoms with E-state index >= 15 is 0 Å². The van der Waals surface area contributed by atoms with Gasteiger partial charge in [-0.05, 0) is 12.1 Å². The Morgan fingerprint density at radius 3 is 2.56 bits per heavy atom. The molecule has 0 aliphatic carbocycles. The zero-order chi connectivity index (χ0) is 11.4. The first-order valence-electron chi connectivity index (χ1n) is 4.66. The van der Waals surface area contributed by atoms with Gasteiger partial charge in [-0.25, -0.2) is 0 Å². The molecule has 4 nitrogen and oxygen atoms in total. The third kappa shape index (κ3) is 1.72. The zero-order valence-electron chi connectivity index (χ0n) is 8.33. The Bertz CT molecular complexity index is 498. The lowest BCUT2D eigenvalue weighted by Crippen LogP contribution is -1.97. The highest BCUT2D eigenvalue weighted by atomic mass is 16.1. The highest BCUT2D eigenvalue weighted by Crippen LogP contribution is 2.23. The summed E-state index contributed by atoms with van der Waals surface area (Å²) in [4.78, 5) is 29.7. The lowest BCUT2D eigenvalue weighted by molar-refractivity contribution is 0.111. The van der Waals surface area contributed by atoms with Crippen molar-refractivity contribution in [3.05, 3.63) is 48.0 Å². The average Bonchev–Trinajstić information content (AvgIpc) is 2.38. The van der Waals surface area contributed by atoms with Gasteiger partial charge >= 0.3 is 0 Å². The van der Waals surface area contributed by atoms with Crippen LogP contribution in [-0.4, -0.2) is 22.5 Å². The molecule has 16 heavy (non-hydrogen) atoms. The fourth-order valence-electron chi connectivity index (χ4n) is 1.51. The second-order valence-corrected chi connectivity index (χ2v) is 3.14. The van der Waals surface area contributed by atoms with Gasteiger partial charge in [0.2, 0.25) is 0 Å². The molecule has 0 aliphatic rings. The molecule has 0 spiro atoms. The van der Waals surface area contributed by atoms with E-state index < -0.39 is 0 Å². The van der Waals surface area contributed by atoms with Crippen LogP contribution in [0.3, 0.4) is 0 Å². The highest BCUT2D eigenvalue weighted by Gasteiger charge is 2.10. The molecule has 0 N–H and O–H groups in total. The number of nitrogens with zero attached hydrogens (tertiary/aromatic N) is 2. The van der Waals surface area contributed by atoms with Gasteiger partial charge in [0.1, 0.15) is 5.69 Å². The van der Waals surface area contributed by atoms with Crippen molar-refractivity contribution < 1.29 is 9.59 Å². The molecule has 2 aromatic rings. The van der Waals surface area contributed by atoms with Crippen LogP contribution in [0.4, 0.5) is 0 Å². The minimum absolute atomic E-state index is 0.248. The number of carbonyl (C=O) groups excluding carboxylic acids is 2. The van der Waals surface area contributed by atoms with Crippen LogP contribution in [0.2, 0.25) is 0 Å². The predicted octanol–water partition coefficient (Wildman–Crippen LogP) is 1.77. The van der Waals surface area contributed by atoms with E-state index in [0.717, 1.165) is 0 Å². The van der Waals surface area contributed by atoms with Gasteiger partial charge in [0.05, 0.1) is 0 Å². The van der Waals surface area contributed by atoms with Gasteiger partial charge in [-0.15, -0.1) is 0 Å². The largest absolute Gasteiger partial charge is 0.298 e. The summed E-state index contributed by atoms with van der Waals surface area (Å²) >= 11 is 0. The standard InChI is InChI=1S/C12H8N2O2/c15-7-10-3-5-14-11(8-16)12(10)9-2-1-4-13-6-9/h1-8H. The van der Waals surface area contributed by atoms with Gasteiger partial charge in [-0.1, -0.05) is 6.07 Å². The smallest absolute Gasteiger partial charge is 0.169 e. The van der Waals surface area contributed by atoms with Gasteiger partial charge < -0.3 is 0 Å². The number of rotatable bonds is 3. The van der Waals surface area contributed by atoms with Gasteiger partial charge in [-0.3, -0.25) is 19.6 Å². The summed E-state index contributed by atoms with van der Waals surface area (Å²) < 4.78 is 0. The maximum atomic E-state index is 10.9. The number of hydrogen-bond acceptors (Lipinski definition) is 4. The third-order valence-corrected chi connectivity index (χ3v) is 2.20. The fourth-order valence-corrected chi connectivity index (χ4v) is 1.51. The van der Waals surface area contributed by atoms with Crippen LogP contribution in [0.25, 0.3) is 11.1 Å². The van der Waals surface area contributed by atoms with E-state index in [1.165, 1.54) is 6.20 Å². The minimum atomic E-state index is 0.248. The molecule has 0 bridgehead atoms. The Hall–Kier alpha value is -2.36. The summed E-state index contributed by atoms with van der Waals surface area (Å²) in [7, 11) is 0. The molecule has 0 saturated carbocycles. The molecule has 0 unspecified atom stereocenters. The lowest BCUT2D eigenvalue weighted by atomic mass is 10.0. The Balaban J connectivity index is 2.71. The molecule has 0 aromatic carbocycles. The maximum absolute atomic E-state index is 10.9. The van der Waals surface area contributed by atoms with E-state index in [1.54, 1.807) is 30.6 Å². The fraction of sp³-hybridized carbons (Fsp3) is 0. The monoisotopic (exact) mass is 212 g/mol. The topological polar surface area (TPSA) is 59.9 Å². The molecule has 0 aliphatic heterocycles. The second kappa shape index (κ2) is 4.44. The average molecular weight is 212 g/mol. The molecule has 4 heteroatoms. The van der Waals surface area contributed by atoms with Crippen molar-refractivity contribution in [2.24, 2.45) is 0 Å². The Morgan fingerprint density at radius 1 is 1.06 bits per heavy atom. The van der Waals surface area contributed by atoms with Crippen molar-refractivity contribution in [1.82, 2.24) is 9.97 Å². The van der Waals surface area contributed by atoms with Gasteiger partial charge in [0, 0.05) is 35.3 Å². The van der Waals surface area contributed by atoms with Crippen LogP contribution in [0.5, 0.6) is 0 Å². The summed E-state index contributed by atoms with van der Waals surface area (Å²) in [6.45, 7) is 0. The molecular formula is C12H8N2O2. The molecule has 2 rings (SSSR count). The summed E-state index contributed by atoms with van der Waals surface area (Å²) in [5, 5.41) is 0. The molecule has 2 heterocycles. The van der Waals surface area contributed by atoms with E-state index in [-0.39, 0.29) is 5.69 Å². The zero-order valence-corrected chi connectivity index (χ0v) is 8.33.